The van der Waals surface area contributed by atoms with Crippen LogP contribution in [0.1, 0.15) is 82.1 Å². The highest BCUT2D eigenvalue weighted by Crippen LogP contribution is 2.03. The fraction of sp³-hybridized carbons (Fsp3) is 0.909. The van der Waals surface area contributed by atoms with Crippen molar-refractivity contribution >= 4 is 12.2 Å². The summed E-state index contributed by atoms with van der Waals surface area (Å²) in [5.74, 6) is 0.649. The molecule has 0 aliphatic rings. The fourth-order valence-electron chi connectivity index (χ4n) is 2.09. The van der Waals surface area contributed by atoms with E-state index in [0.29, 0.717) is 18.9 Å². The van der Waals surface area contributed by atoms with Crippen LogP contribution >= 0.6 is 0 Å². The van der Waals surface area contributed by atoms with E-state index in [1.165, 1.54) is 0 Å². The van der Waals surface area contributed by atoms with Gasteiger partial charge in [0.1, 0.15) is 12.2 Å². The molecule has 0 saturated heterocycles. The lowest BCUT2D eigenvalue weighted by atomic mass is 10.1. The molecule has 0 bridgehead atoms. The number of amides is 2. The van der Waals surface area contributed by atoms with E-state index in [1.807, 2.05) is 55.4 Å². The van der Waals surface area contributed by atoms with E-state index in [4.69, 9.17) is 15.2 Å². The second-order valence-electron chi connectivity index (χ2n) is 10.1. The monoisotopic (exact) mass is 432 g/mol. The highest BCUT2D eigenvalue weighted by Gasteiger charge is 2.17. The van der Waals surface area contributed by atoms with Gasteiger partial charge >= 0.3 is 12.2 Å². The first-order valence-corrected chi connectivity index (χ1v) is 10.9. The molecular formula is C22H48N4O4. The Hall–Kier alpha value is -1.54. The van der Waals surface area contributed by atoms with E-state index in [0.717, 1.165) is 19.5 Å². The molecule has 2 atom stereocenters. The highest BCUT2D eigenvalue weighted by atomic mass is 16.6. The first kappa shape index (κ1) is 30.7. The third kappa shape index (κ3) is 24.5. The first-order valence-electron chi connectivity index (χ1n) is 10.9. The summed E-state index contributed by atoms with van der Waals surface area (Å²) in [6.07, 6.45) is 0.633. The van der Waals surface area contributed by atoms with Crippen molar-refractivity contribution in [3.8, 4) is 0 Å². The molecule has 0 aliphatic carbocycles. The Bertz CT molecular complexity index is 471. The second kappa shape index (κ2) is 15.3. The summed E-state index contributed by atoms with van der Waals surface area (Å²) in [6, 6.07) is 0. The van der Waals surface area contributed by atoms with Gasteiger partial charge in [0.25, 0.3) is 0 Å². The molecule has 0 rings (SSSR count). The number of ether oxygens (including phenoxy) is 2. The van der Waals surface area contributed by atoms with Crippen molar-refractivity contribution in [3.05, 3.63) is 0 Å². The summed E-state index contributed by atoms with van der Waals surface area (Å²) in [6.45, 7) is 22.0. The van der Waals surface area contributed by atoms with Crippen LogP contribution in [-0.2, 0) is 9.47 Å². The highest BCUT2D eigenvalue weighted by molar-refractivity contribution is 5.68. The van der Waals surface area contributed by atoms with Gasteiger partial charge in [-0.05, 0) is 93.8 Å². The lowest BCUT2D eigenvalue weighted by Gasteiger charge is -2.22. The Morgan fingerprint density at radius 3 is 1.53 bits per heavy atom. The normalized spacial score (nSPS) is 13.6. The summed E-state index contributed by atoms with van der Waals surface area (Å²) in [5, 5.41) is 8.81. The zero-order valence-corrected chi connectivity index (χ0v) is 21.0. The quantitative estimate of drug-likeness (QED) is 0.412. The number of nitrogens with two attached hydrogens (primary N) is 1. The number of nitrogens with one attached hydrogen (secondary N) is 3. The lowest BCUT2D eigenvalue weighted by Crippen LogP contribution is -2.42. The van der Waals surface area contributed by atoms with Crippen LogP contribution in [0, 0.1) is 5.92 Å². The van der Waals surface area contributed by atoms with Gasteiger partial charge in [0.15, 0.2) is 0 Å². The summed E-state index contributed by atoms with van der Waals surface area (Å²) < 4.78 is 10.3. The second-order valence-corrected chi connectivity index (χ2v) is 10.1. The number of rotatable bonds is 9. The maximum Gasteiger partial charge on any atom is 0.407 e. The van der Waals surface area contributed by atoms with Crippen molar-refractivity contribution in [3.63, 3.8) is 0 Å². The van der Waals surface area contributed by atoms with Crippen molar-refractivity contribution in [1.82, 2.24) is 16.0 Å². The van der Waals surface area contributed by atoms with Gasteiger partial charge in [-0.15, -0.1) is 0 Å². The molecule has 0 spiro atoms. The Balaban J connectivity index is 0. The molecule has 0 fully saturated rings. The Kier molecular flexibility index (Phi) is 15.6. The fourth-order valence-corrected chi connectivity index (χ4v) is 2.09. The SMILES string of the molecule is CC(C)CNCC[C@@H](C)OC(=O)NC(C)(C)C.C[C@H](CCN)OC(=O)NC(C)(C)C. The van der Waals surface area contributed by atoms with E-state index in [9.17, 15) is 9.59 Å². The third-order valence-corrected chi connectivity index (χ3v) is 3.42. The molecule has 0 aromatic heterocycles. The molecule has 8 heteroatoms. The van der Waals surface area contributed by atoms with Crippen LogP contribution in [0.2, 0.25) is 0 Å². The van der Waals surface area contributed by atoms with Crippen molar-refractivity contribution in [2.45, 2.75) is 105 Å². The maximum atomic E-state index is 11.5. The summed E-state index contributed by atoms with van der Waals surface area (Å²) in [4.78, 5) is 22.6. The smallest absolute Gasteiger partial charge is 0.407 e. The van der Waals surface area contributed by atoms with Gasteiger partial charge in [0.2, 0.25) is 0 Å². The van der Waals surface area contributed by atoms with Crippen LogP contribution in [0.15, 0.2) is 0 Å². The van der Waals surface area contributed by atoms with E-state index in [-0.39, 0.29) is 35.5 Å². The van der Waals surface area contributed by atoms with Gasteiger partial charge in [-0.1, -0.05) is 13.8 Å². The van der Waals surface area contributed by atoms with Gasteiger partial charge in [-0.25, -0.2) is 9.59 Å². The molecule has 180 valence electrons. The predicted molar refractivity (Wildman–Crippen MR) is 124 cm³/mol. The van der Waals surface area contributed by atoms with Crippen molar-refractivity contribution in [1.29, 1.82) is 0 Å². The molecule has 8 nitrogen and oxygen atoms in total. The summed E-state index contributed by atoms with van der Waals surface area (Å²) >= 11 is 0. The molecule has 30 heavy (non-hydrogen) atoms. The molecule has 0 unspecified atom stereocenters. The summed E-state index contributed by atoms with van der Waals surface area (Å²) in [7, 11) is 0. The zero-order chi connectivity index (χ0) is 24.0. The molecule has 2 amide bonds. The first-order chi connectivity index (χ1) is 13.6. The Morgan fingerprint density at radius 1 is 0.800 bits per heavy atom. The van der Waals surface area contributed by atoms with Gasteiger partial charge in [0, 0.05) is 11.1 Å². The van der Waals surface area contributed by atoms with Crippen molar-refractivity contribution < 1.29 is 19.1 Å². The molecule has 0 heterocycles. The molecule has 5 N–H and O–H groups in total. The predicted octanol–water partition coefficient (Wildman–Crippen LogP) is 3.78. The van der Waals surface area contributed by atoms with Gasteiger partial charge in [0.05, 0.1) is 0 Å². The van der Waals surface area contributed by atoms with Gasteiger partial charge < -0.3 is 31.2 Å². The molecule has 0 aromatic carbocycles. The van der Waals surface area contributed by atoms with E-state index in [1.54, 1.807) is 0 Å². The van der Waals surface area contributed by atoms with Crippen LogP contribution in [0.3, 0.4) is 0 Å². The minimum atomic E-state index is -0.381. The van der Waals surface area contributed by atoms with Crippen molar-refractivity contribution in [2.75, 3.05) is 19.6 Å². The van der Waals surface area contributed by atoms with Crippen LogP contribution in [0.25, 0.3) is 0 Å². The Labute approximate surface area is 184 Å². The van der Waals surface area contributed by atoms with Crippen LogP contribution < -0.4 is 21.7 Å². The van der Waals surface area contributed by atoms with E-state index in [2.05, 4.69) is 29.8 Å². The molecule has 0 saturated carbocycles. The van der Waals surface area contributed by atoms with Gasteiger partial charge in [-0.3, -0.25) is 0 Å². The average Bonchev–Trinajstić information content (AvgIpc) is 2.48. The Morgan fingerprint density at radius 2 is 1.20 bits per heavy atom. The van der Waals surface area contributed by atoms with E-state index < -0.39 is 0 Å². The number of hydrogen-bond acceptors (Lipinski definition) is 6. The molecular weight excluding hydrogens is 384 g/mol. The molecule has 0 radical (unpaired) electrons. The minimum Gasteiger partial charge on any atom is -0.446 e. The lowest BCUT2D eigenvalue weighted by molar-refractivity contribution is 0.0949. The number of hydrogen-bond donors (Lipinski definition) is 4. The standard InChI is InChI=1S/C13H28N2O2.C9H20N2O2/c1-10(2)9-14-8-7-11(3)17-12(16)15-13(4,5)6;1-7(5-6-10)13-8(12)11-9(2,3)4/h10-11,14H,7-9H2,1-6H3,(H,15,16);7H,5-6,10H2,1-4H3,(H,11,12)/t11-;7-/m11/s1. The number of alkyl carbamates (subject to hydrolysis) is 2. The van der Waals surface area contributed by atoms with Crippen LogP contribution in [-0.4, -0.2) is 55.1 Å². The maximum absolute atomic E-state index is 11.5. The van der Waals surface area contributed by atoms with Crippen LogP contribution in [0.4, 0.5) is 9.59 Å². The molecule has 0 aliphatic heterocycles. The number of carbonyl (C=O) groups excluding carboxylic acids is 2. The van der Waals surface area contributed by atoms with E-state index >= 15 is 0 Å². The summed E-state index contributed by atoms with van der Waals surface area (Å²) in [5.41, 5.74) is 4.83. The van der Waals surface area contributed by atoms with Gasteiger partial charge in [-0.2, -0.15) is 0 Å². The largest absolute Gasteiger partial charge is 0.446 e. The topological polar surface area (TPSA) is 115 Å². The third-order valence-electron chi connectivity index (χ3n) is 3.42. The minimum absolute atomic E-state index is 0.0583. The van der Waals surface area contributed by atoms with Crippen LogP contribution in [0.5, 0.6) is 0 Å². The molecule has 0 aromatic rings. The number of carbonyl (C=O) groups is 2. The zero-order valence-electron chi connectivity index (χ0n) is 21.0. The van der Waals surface area contributed by atoms with Crippen molar-refractivity contribution in [2.24, 2.45) is 11.7 Å². The average molecular weight is 433 g/mol.